The summed E-state index contributed by atoms with van der Waals surface area (Å²) in [5, 5.41) is 12.6. The minimum atomic E-state index is -3.81. The molecule has 30 heavy (non-hydrogen) atoms. The van der Waals surface area contributed by atoms with Gasteiger partial charge in [-0.2, -0.15) is 4.31 Å². The Labute approximate surface area is 171 Å². The van der Waals surface area contributed by atoms with E-state index < -0.39 is 57.5 Å². The number of carbonyl (C=O) groups excluding carboxylic acids is 1. The zero-order valence-corrected chi connectivity index (χ0v) is 17.0. The fourth-order valence-corrected chi connectivity index (χ4v) is 4.36. The lowest BCUT2D eigenvalue weighted by Gasteiger charge is -2.23. The monoisotopic (exact) mass is 442 g/mol. The van der Waals surface area contributed by atoms with Gasteiger partial charge in [0.1, 0.15) is 17.8 Å². The van der Waals surface area contributed by atoms with Crippen LogP contribution in [0.4, 0.5) is 8.78 Å². The second-order valence-corrected chi connectivity index (χ2v) is 8.96. The number of hydrogen-bond donors (Lipinski definition) is 2. The van der Waals surface area contributed by atoms with Gasteiger partial charge in [0.25, 0.3) is 11.5 Å². The Morgan fingerprint density at radius 2 is 1.97 bits per heavy atom. The van der Waals surface area contributed by atoms with Crippen molar-refractivity contribution in [2.24, 2.45) is 7.05 Å². The van der Waals surface area contributed by atoms with Crippen molar-refractivity contribution in [2.75, 3.05) is 12.8 Å². The van der Waals surface area contributed by atoms with Crippen LogP contribution in [0.1, 0.15) is 34.3 Å². The lowest BCUT2D eigenvalue weighted by atomic mass is 10.2. The van der Waals surface area contributed by atoms with Gasteiger partial charge in [-0.3, -0.25) is 14.2 Å². The maximum absolute atomic E-state index is 14.0. The SMILES string of the molecule is Cn1c([C@@H]2C[C@H](F)CN2S(C)(=O)=O)nc(C(=O)NCc2ccc(F)cc2)c(O)c1=O. The standard InChI is InChI=1S/C18H20F2N4O5S/c1-23-16(13-7-12(20)9-24(13)30(2,28)29)22-14(15(25)18(23)27)17(26)21-8-10-3-5-11(19)6-4-10/h3-6,12-13,25H,7-9H2,1-2H3,(H,21,26)/t12-,13-/m0/s1. The van der Waals surface area contributed by atoms with E-state index >= 15 is 0 Å². The molecule has 12 heteroatoms. The lowest BCUT2D eigenvalue weighted by molar-refractivity contribution is 0.0941. The molecule has 0 aliphatic carbocycles. The molecule has 1 aliphatic heterocycles. The average molecular weight is 442 g/mol. The van der Waals surface area contributed by atoms with Crippen LogP contribution < -0.4 is 10.9 Å². The maximum Gasteiger partial charge on any atom is 0.296 e. The number of sulfonamides is 1. The third-order valence-electron chi connectivity index (χ3n) is 4.81. The highest BCUT2D eigenvalue weighted by molar-refractivity contribution is 7.88. The molecule has 1 fully saturated rings. The molecule has 1 aliphatic rings. The molecule has 0 bridgehead atoms. The predicted molar refractivity (Wildman–Crippen MR) is 103 cm³/mol. The second kappa shape index (κ2) is 8.11. The zero-order valence-electron chi connectivity index (χ0n) is 16.2. The summed E-state index contributed by atoms with van der Waals surface area (Å²) in [6, 6.07) is 4.21. The van der Waals surface area contributed by atoms with Crippen molar-refractivity contribution in [1.82, 2.24) is 19.2 Å². The molecule has 9 nitrogen and oxygen atoms in total. The van der Waals surface area contributed by atoms with Gasteiger partial charge in [-0.1, -0.05) is 12.1 Å². The quantitative estimate of drug-likeness (QED) is 0.700. The van der Waals surface area contributed by atoms with Crippen LogP contribution in [0, 0.1) is 5.82 Å². The Bertz CT molecular complexity index is 1130. The van der Waals surface area contributed by atoms with E-state index in [1.807, 2.05) is 0 Å². The number of amides is 1. The van der Waals surface area contributed by atoms with E-state index in [9.17, 15) is 31.9 Å². The summed E-state index contributed by atoms with van der Waals surface area (Å²) in [5.74, 6) is -2.41. The molecule has 2 aromatic rings. The largest absolute Gasteiger partial charge is 0.501 e. The van der Waals surface area contributed by atoms with Crippen LogP contribution in [0.3, 0.4) is 0 Å². The van der Waals surface area contributed by atoms with Crippen LogP contribution in [0.2, 0.25) is 0 Å². The minimum Gasteiger partial charge on any atom is -0.501 e. The molecule has 3 rings (SSSR count). The van der Waals surface area contributed by atoms with E-state index in [1.54, 1.807) is 0 Å². The van der Waals surface area contributed by atoms with Crippen molar-refractivity contribution >= 4 is 15.9 Å². The number of nitrogens with zero attached hydrogens (tertiary/aromatic N) is 3. The summed E-state index contributed by atoms with van der Waals surface area (Å²) in [6.07, 6.45) is -0.798. The fourth-order valence-electron chi connectivity index (χ4n) is 3.29. The summed E-state index contributed by atoms with van der Waals surface area (Å²) < 4.78 is 52.8. The number of nitrogens with one attached hydrogen (secondary N) is 1. The van der Waals surface area contributed by atoms with Crippen molar-refractivity contribution in [3.05, 3.63) is 57.5 Å². The predicted octanol–water partition coefficient (Wildman–Crippen LogP) is 0.600. The number of rotatable bonds is 5. The molecule has 1 aromatic carbocycles. The van der Waals surface area contributed by atoms with Crippen LogP contribution in [-0.2, 0) is 23.6 Å². The summed E-state index contributed by atoms with van der Waals surface area (Å²) in [4.78, 5) is 28.9. The topological polar surface area (TPSA) is 122 Å². The summed E-state index contributed by atoms with van der Waals surface area (Å²) in [7, 11) is -2.56. The highest BCUT2D eigenvalue weighted by atomic mass is 32.2. The zero-order chi connectivity index (χ0) is 22.2. The molecule has 0 saturated carbocycles. The highest BCUT2D eigenvalue weighted by Crippen LogP contribution is 2.34. The minimum absolute atomic E-state index is 0.0315. The molecule has 2 atom stereocenters. The van der Waals surface area contributed by atoms with E-state index in [4.69, 9.17) is 0 Å². The Hall–Kier alpha value is -2.86. The Morgan fingerprint density at radius 3 is 2.57 bits per heavy atom. The summed E-state index contributed by atoms with van der Waals surface area (Å²) in [6.45, 7) is -0.428. The number of halogens is 2. The van der Waals surface area contributed by atoms with Gasteiger partial charge in [-0.25, -0.2) is 22.2 Å². The van der Waals surface area contributed by atoms with Gasteiger partial charge in [-0.05, 0) is 17.7 Å². The van der Waals surface area contributed by atoms with Gasteiger partial charge in [-0.15, -0.1) is 0 Å². The normalized spacial score (nSPS) is 19.7. The van der Waals surface area contributed by atoms with Gasteiger partial charge in [0.05, 0.1) is 12.3 Å². The first kappa shape index (κ1) is 21.8. The molecule has 1 saturated heterocycles. The number of carbonyl (C=O) groups is 1. The van der Waals surface area contributed by atoms with Gasteiger partial charge >= 0.3 is 0 Å². The Balaban J connectivity index is 1.94. The molecule has 0 spiro atoms. The third-order valence-corrected chi connectivity index (χ3v) is 6.07. The molecule has 2 N–H and O–H groups in total. The second-order valence-electron chi connectivity index (χ2n) is 7.02. The maximum atomic E-state index is 14.0. The summed E-state index contributed by atoms with van der Waals surface area (Å²) >= 11 is 0. The van der Waals surface area contributed by atoms with E-state index in [0.29, 0.717) is 5.56 Å². The molecule has 0 radical (unpaired) electrons. The molecule has 1 amide bonds. The van der Waals surface area contributed by atoms with E-state index in [1.165, 1.54) is 31.3 Å². The molecule has 1 aromatic heterocycles. The molecule has 162 valence electrons. The van der Waals surface area contributed by atoms with Gasteiger partial charge < -0.3 is 10.4 Å². The van der Waals surface area contributed by atoms with Crippen molar-refractivity contribution in [2.45, 2.75) is 25.2 Å². The van der Waals surface area contributed by atoms with Gasteiger partial charge in [0, 0.05) is 26.6 Å². The number of aromatic nitrogens is 2. The van der Waals surface area contributed by atoms with E-state index in [2.05, 4.69) is 10.3 Å². The van der Waals surface area contributed by atoms with Crippen molar-refractivity contribution in [3.8, 4) is 5.75 Å². The Morgan fingerprint density at radius 1 is 1.33 bits per heavy atom. The molecule has 0 unspecified atom stereocenters. The smallest absolute Gasteiger partial charge is 0.296 e. The van der Waals surface area contributed by atoms with Crippen molar-refractivity contribution in [1.29, 1.82) is 0 Å². The fraction of sp³-hybridized carbons (Fsp3) is 0.389. The van der Waals surface area contributed by atoms with E-state index in [-0.39, 0.29) is 18.8 Å². The van der Waals surface area contributed by atoms with Crippen LogP contribution in [-0.4, -0.2) is 52.3 Å². The number of benzene rings is 1. The van der Waals surface area contributed by atoms with Crippen molar-refractivity contribution in [3.63, 3.8) is 0 Å². The Kier molecular flexibility index (Phi) is 5.90. The van der Waals surface area contributed by atoms with E-state index in [0.717, 1.165) is 15.1 Å². The number of hydrogen-bond acceptors (Lipinski definition) is 6. The first-order valence-corrected chi connectivity index (χ1v) is 10.8. The average Bonchev–Trinajstić information content (AvgIpc) is 3.07. The van der Waals surface area contributed by atoms with Crippen LogP contribution in [0.15, 0.2) is 29.1 Å². The van der Waals surface area contributed by atoms with Crippen LogP contribution in [0.5, 0.6) is 5.75 Å². The van der Waals surface area contributed by atoms with Crippen molar-refractivity contribution < 1.29 is 27.1 Å². The molecular formula is C18H20F2N4O5S. The third kappa shape index (κ3) is 4.33. The van der Waals surface area contributed by atoms with Crippen LogP contribution in [0.25, 0.3) is 0 Å². The van der Waals surface area contributed by atoms with Gasteiger partial charge in [0.2, 0.25) is 15.8 Å². The number of aromatic hydroxyl groups is 1. The van der Waals surface area contributed by atoms with Crippen LogP contribution >= 0.6 is 0 Å². The lowest BCUT2D eigenvalue weighted by Crippen LogP contribution is -2.36. The summed E-state index contributed by atoms with van der Waals surface area (Å²) in [5.41, 5.74) is -1.01. The van der Waals surface area contributed by atoms with Gasteiger partial charge in [0.15, 0.2) is 5.69 Å². The number of alkyl halides is 1. The first-order valence-electron chi connectivity index (χ1n) is 8.92. The highest BCUT2D eigenvalue weighted by Gasteiger charge is 2.41. The molecule has 2 heterocycles. The molecular weight excluding hydrogens is 422 g/mol. The first-order chi connectivity index (χ1) is 14.0.